The minimum absolute atomic E-state index is 0.0702. The summed E-state index contributed by atoms with van der Waals surface area (Å²) in [6, 6.07) is 13.2. The van der Waals surface area contributed by atoms with E-state index in [1.165, 1.54) is 0 Å². The van der Waals surface area contributed by atoms with Gasteiger partial charge in [-0.15, -0.1) is 11.8 Å². The molecule has 2 aliphatic rings. The van der Waals surface area contributed by atoms with Crippen molar-refractivity contribution in [3.63, 3.8) is 0 Å². The number of hydrogen-bond donors (Lipinski definition) is 1. The summed E-state index contributed by atoms with van der Waals surface area (Å²) in [6.45, 7) is 1.97. The standard InChI is InChI=1S/C18H16N2O3S/c1-11-10-24-15-8-3-2-7-14(15)20(11)18(22)12-5-4-6-13-17(12)23-9-16(21)19-13/h2-8,11H,9-10H2,1H3,(H,19,21)/t11-/m1/s1. The molecular formula is C18H16N2O3S. The fourth-order valence-electron chi connectivity index (χ4n) is 3.02. The zero-order valence-corrected chi connectivity index (χ0v) is 13.9. The van der Waals surface area contributed by atoms with Crippen molar-refractivity contribution in [2.75, 3.05) is 22.6 Å². The van der Waals surface area contributed by atoms with Crippen molar-refractivity contribution >= 4 is 35.0 Å². The molecule has 2 aliphatic heterocycles. The third kappa shape index (κ3) is 2.43. The van der Waals surface area contributed by atoms with Crippen molar-refractivity contribution in [1.29, 1.82) is 0 Å². The monoisotopic (exact) mass is 340 g/mol. The van der Waals surface area contributed by atoms with Crippen LogP contribution in [0.2, 0.25) is 0 Å². The smallest absolute Gasteiger partial charge is 0.262 e. The molecule has 2 amide bonds. The Labute approximate surface area is 144 Å². The first-order valence-corrected chi connectivity index (χ1v) is 8.75. The Kier molecular flexibility index (Phi) is 3.69. The van der Waals surface area contributed by atoms with Gasteiger partial charge in [0.15, 0.2) is 12.4 Å². The molecule has 2 aromatic rings. The van der Waals surface area contributed by atoms with Crippen LogP contribution in [-0.2, 0) is 4.79 Å². The highest BCUT2D eigenvalue weighted by Crippen LogP contribution is 2.40. The van der Waals surface area contributed by atoms with E-state index in [-0.39, 0.29) is 24.5 Å². The lowest BCUT2D eigenvalue weighted by atomic mass is 10.1. The van der Waals surface area contributed by atoms with E-state index in [2.05, 4.69) is 5.32 Å². The summed E-state index contributed by atoms with van der Waals surface area (Å²) >= 11 is 1.76. The third-order valence-electron chi connectivity index (χ3n) is 4.13. The maximum absolute atomic E-state index is 13.3. The maximum Gasteiger partial charge on any atom is 0.262 e. The van der Waals surface area contributed by atoms with Gasteiger partial charge in [0.1, 0.15) is 0 Å². The first-order chi connectivity index (χ1) is 11.6. The Bertz CT molecular complexity index is 837. The predicted molar refractivity (Wildman–Crippen MR) is 94.0 cm³/mol. The van der Waals surface area contributed by atoms with E-state index in [9.17, 15) is 9.59 Å². The van der Waals surface area contributed by atoms with Crippen LogP contribution in [0.4, 0.5) is 11.4 Å². The average molecular weight is 340 g/mol. The highest BCUT2D eigenvalue weighted by atomic mass is 32.2. The molecular weight excluding hydrogens is 324 g/mol. The van der Waals surface area contributed by atoms with Crippen LogP contribution in [0.3, 0.4) is 0 Å². The lowest BCUT2D eigenvalue weighted by molar-refractivity contribution is -0.118. The number of amides is 2. The van der Waals surface area contributed by atoms with Crippen molar-refractivity contribution in [1.82, 2.24) is 0 Å². The summed E-state index contributed by atoms with van der Waals surface area (Å²) < 4.78 is 5.54. The van der Waals surface area contributed by atoms with Crippen LogP contribution in [0.15, 0.2) is 47.4 Å². The normalized spacial score (nSPS) is 19.0. The second kappa shape index (κ2) is 5.87. The number of thioether (sulfide) groups is 1. The minimum atomic E-state index is -0.208. The van der Waals surface area contributed by atoms with Gasteiger partial charge in [0.2, 0.25) is 0 Å². The van der Waals surface area contributed by atoms with E-state index in [1.807, 2.05) is 36.1 Å². The third-order valence-corrected chi connectivity index (χ3v) is 5.44. The molecule has 0 unspecified atom stereocenters. The van der Waals surface area contributed by atoms with Gasteiger partial charge >= 0.3 is 0 Å². The van der Waals surface area contributed by atoms with Gasteiger partial charge in [-0.05, 0) is 31.2 Å². The second-order valence-electron chi connectivity index (χ2n) is 5.82. The molecule has 0 saturated carbocycles. The van der Waals surface area contributed by atoms with Crippen molar-refractivity contribution < 1.29 is 14.3 Å². The molecule has 0 aliphatic carbocycles. The molecule has 2 aromatic carbocycles. The van der Waals surface area contributed by atoms with E-state index in [4.69, 9.17) is 4.74 Å². The minimum Gasteiger partial charge on any atom is -0.481 e. The van der Waals surface area contributed by atoms with Gasteiger partial charge in [-0.2, -0.15) is 0 Å². The lowest BCUT2D eigenvalue weighted by Gasteiger charge is -2.35. The quantitative estimate of drug-likeness (QED) is 0.866. The Morgan fingerprint density at radius 2 is 2.08 bits per heavy atom. The van der Waals surface area contributed by atoms with Gasteiger partial charge in [-0.3, -0.25) is 9.59 Å². The van der Waals surface area contributed by atoms with E-state index in [0.717, 1.165) is 16.3 Å². The number of benzene rings is 2. The molecule has 0 saturated heterocycles. The summed E-state index contributed by atoms with van der Waals surface area (Å²) in [5.41, 5.74) is 1.94. The lowest BCUT2D eigenvalue weighted by Crippen LogP contribution is -2.43. The molecule has 0 fully saturated rings. The fourth-order valence-corrected chi connectivity index (χ4v) is 4.08. The molecule has 0 aromatic heterocycles. The van der Waals surface area contributed by atoms with E-state index in [1.54, 1.807) is 30.0 Å². The van der Waals surface area contributed by atoms with Crippen LogP contribution in [0.5, 0.6) is 5.75 Å². The van der Waals surface area contributed by atoms with Crippen LogP contribution in [0.25, 0.3) is 0 Å². The zero-order chi connectivity index (χ0) is 16.7. The molecule has 0 radical (unpaired) electrons. The molecule has 0 spiro atoms. The average Bonchev–Trinajstić information content (AvgIpc) is 2.60. The molecule has 24 heavy (non-hydrogen) atoms. The fraction of sp³-hybridized carbons (Fsp3) is 0.222. The van der Waals surface area contributed by atoms with Crippen LogP contribution >= 0.6 is 11.8 Å². The van der Waals surface area contributed by atoms with Crippen LogP contribution < -0.4 is 15.0 Å². The SMILES string of the molecule is C[C@@H]1CSc2ccccc2N1C(=O)c1cccc2c1OCC(=O)N2. The highest BCUT2D eigenvalue weighted by Gasteiger charge is 2.32. The van der Waals surface area contributed by atoms with Crippen LogP contribution in [-0.4, -0.2) is 30.2 Å². The van der Waals surface area contributed by atoms with Gasteiger partial charge in [0.05, 0.1) is 16.9 Å². The summed E-state index contributed by atoms with van der Waals surface area (Å²) in [5, 5.41) is 2.75. The van der Waals surface area contributed by atoms with Gasteiger partial charge in [0, 0.05) is 16.7 Å². The molecule has 0 bridgehead atoms. The number of carbonyl (C=O) groups is 2. The van der Waals surface area contributed by atoms with Crippen molar-refractivity contribution in [3.05, 3.63) is 48.0 Å². The maximum atomic E-state index is 13.3. The van der Waals surface area contributed by atoms with Crippen molar-refractivity contribution in [2.24, 2.45) is 0 Å². The van der Waals surface area contributed by atoms with Gasteiger partial charge < -0.3 is 15.0 Å². The summed E-state index contributed by atoms with van der Waals surface area (Å²) in [7, 11) is 0. The van der Waals surface area contributed by atoms with Crippen molar-refractivity contribution in [3.8, 4) is 5.75 Å². The van der Waals surface area contributed by atoms with E-state index < -0.39 is 0 Å². The van der Waals surface area contributed by atoms with Gasteiger partial charge in [0.25, 0.3) is 11.8 Å². The number of anilines is 2. The first kappa shape index (κ1) is 15.1. The van der Waals surface area contributed by atoms with Gasteiger partial charge in [-0.1, -0.05) is 18.2 Å². The number of nitrogens with zero attached hydrogens (tertiary/aromatic N) is 1. The van der Waals surface area contributed by atoms with Crippen LogP contribution in [0.1, 0.15) is 17.3 Å². The van der Waals surface area contributed by atoms with E-state index >= 15 is 0 Å². The molecule has 4 rings (SSSR count). The molecule has 5 nitrogen and oxygen atoms in total. The van der Waals surface area contributed by atoms with Crippen LogP contribution in [0, 0.1) is 0 Å². The molecule has 6 heteroatoms. The Morgan fingerprint density at radius 3 is 2.96 bits per heavy atom. The number of nitrogens with one attached hydrogen (secondary N) is 1. The summed E-state index contributed by atoms with van der Waals surface area (Å²) in [4.78, 5) is 27.7. The number of hydrogen-bond acceptors (Lipinski definition) is 4. The molecule has 1 N–H and O–H groups in total. The number of para-hydroxylation sites is 2. The Balaban J connectivity index is 1.77. The van der Waals surface area contributed by atoms with Gasteiger partial charge in [-0.25, -0.2) is 0 Å². The number of carbonyl (C=O) groups excluding carboxylic acids is 2. The van der Waals surface area contributed by atoms with Crippen molar-refractivity contribution in [2.45, 2.75) is 17.9 Å². The molecule has 122 valence electrons. The Morgan fingerprint density at radius 1 is 1.25 bits per heavy atom. The zero-order valence-electron chi connectivity index (χ0n) is 13.1. The second-order valence-corrected chi connectivity index (χ2v) is 6.88. The summed E-state index contributed by atoms with van der Waals surface area (Å²) in [6.07, 6.45) is 0. The molecule has 2 heterocycles. The topological polar surface area (TPSA) is 58.6 Å². The van der Waals surface area contributed by atoms with E-state index in [0.29, 0.717) is 17.0 Å². The number of fused-ring (bicyclic) bond motifs is 2. The molecule has 1 atom stereocenters. The summed E-state index contributed by atoms with van der Waals surface area (Å²) in [5.74, 6) is 0.975. The largest absolute Gasteiger partial charge is 0.481 e. The number of ether oxygens (including phenoxy) is 1. The number of rotatable bonds is 1. The highest BCUT2D eigenvalue weighted by molar-refractivity contribution is 7.99. The predicted octanol–water partition coefficient (Wildman–Crippen LogP) is 3.16. The first-order valence-electron chi connectivity index (χ1n) is 7.76. The Hall–Kier alpha value is -2.47.